The van der Waals surface area contributed by atoms with Gasteiger partial charge < -0.3 is 4.74 Å². The maximum absolute atomic E-state index is 8.77. The van der Waals surface area contributed by atoms with Crippen LogP contribution in [0.5, 0.6) is 0 Å². The van der Waals surface area contributed by atoms with E-state index in [1.165, 1.54) is 0 Å². The fraction of sp³-hybridized carbons (Fsp3) is 0.889. The summed E-state index contributed by atoms with van der Waals surface area (Å²) >= 11 is 1.74. The van der Waals surface area contributed by atoms with Crippen LogP contribution in [0.2, 0.25) is 0 Å². The Morgan fingerprint density at radius 1 is 1.54 bits per heavy atom. The van der Waals surface area contributed by atoms with Crippen LogP contribution in [-0.4, -0.2) is 37.3 Å². The highest BCUT2D eigenvalue weighted by Gasteiger charge is 2.07. The summed E-state index contributed by atoms with van der Waals surface area (Å²) in [5.74, 6) is 1.78. The molecule has 0 amide bonds. The molecule has 0 fully saturated rings. The van der Waals surface area contributed by atoms with E-state index in [1.807, 2.05) is 13.8 Å². The Kier molecular flexibility index (Phi) is 8.21. The predicted molar refractivity (Wildman–Crippen MR) is 56.9 cm³/mol. The summed E-state index contributed by atoms with van der Waals surface area (Å²) in [4.78, 5) is 0. The zero-order chi connectivity index (χ0) is 10.1. The van der Waals surface area contributed by atoms with E-state index in [-0.39, 0.29) is 6.04 Å². The number of thioether (sulfide) groups is 1. The summed E-state index contributed by atoms with van der Waals surface area (Å²) in [6, 6.07) is 2.57. The first-order valence-electron chi connectivity index (χ1n) is 4.43. The van der Waals surface area contributed by atoms with Gasteiger partial charge in [-0.2, -0.15) is 17.0 Å². The van der Waals surface area contributed by atoms with Crippen LogP contribution in [0.25, 0.3) is 0 Å². The first-order chi connectivity index (χ1) is 6.20. The third-order valence-corrected chi connectivity index (χ3v) is 2.43. The van der Waals surface area contributed by atoms with Crippen molar-refractivity contribution in [2.24, 2.45) is 0 Å². The van der Waals surface area contributed by atoms with Gasteiger partial charge in [0.2, 0.25) is 0 Å². The average Bonchev–Trinajstić information content (AvgIpc) is 2.09. The molecule has 0 radical (unpaired) electrons. The lowest BCUT2D eigenvalue weighted by Gasteiger charge is -2.13. The number of nitrogens with zero attached hydrogens (tertiary/aromatic N) is 1. The largest absolute Gasteiger partial charge is 0.384 e. The molecule has 0 saturated carbocycles. The first kappa shape index (κ1) is 12.8. The minimum Gasteiger partial charge on any atom is -0.384 e. The Labute approximate surface area is 84.8 Å². The Balaban J connectivity index is 3.44. The smallest absolute Gasteiger partial charge is 0.105 e. The van der Waals surface area contributed by atoms with Crippen LogP contribution in [0.1, 0.15) is 13.8 Å². The van der Waals surface area contributed by atoms with Gasteiger partial charge in [-0.3, -0.25) is 5.32 Å². The van der Waals surface area contributed by atoms with Gasteiger partial charge in [-0.1, -0.05) is 0 Å². The van der Waals surface area contributed by atoms with Crippen LogP contribution in [-0.2, 0) is 4.74 Å². The molecule has 4 heteroatoms. The van der Waals surface area contributed by atoms with Crippen molar-refractivity contribution in [2.45, 2.75) is 25.9 Å². The summed E-state index contributed by atoms with van der Waals surface area (Å²) in [5.41, 5.74) is 0. The van der Waals surface area contributed by atoms with Crippen LogP contribution < -0.4 is 5.32 Å². The van der Waals surface area contributed by atoms with Crippen molar-refractivity contribution in [2.75, 3.05) is 25.2 Å². The average molecular weight is 202 g/mol. The van der Waals surface area contributed by atoms with Crippen molar-refractivity contribution in [1.29, 1.82) is 5.26 Å². The van der Waals surface area contributed by atoms with E-state index in [0.29, 0.717) is 6.04 Å². The fourth-order valence-electron chi connectivity index (χ4n) is 0.868. The number of rotatable bonds is 7. The van der Waals surface area contributed by atoms with Gasteiger partial charge in [-0.25, -0.2) is 0 Å². The minimum absolute atomic E-state index is 0.0399. The monoisotopic (exact) mass is 202 g/mol. The number of ether oxygens (including phenoxy) is 1. The van der Waals surface area contributed by atoms with E-state index in [1.54, 1.807) is 18.9 Å². The molecule has 0 heterocycles. The molecule has 0 aliphatic rings. The summed E-state index contributed by atoms with van der Waals surface area (Å²) < 4.78 is 4.91. The van der Waals surface area contributed by atoms with Crippen LogP contribution in [0.15, 0.2) is 0 Å². The maximum atomic E-state index is 8.77. The summed E-state index contributed by atoms with van der Waals surface area (Å²) in [6.07, 6.45) is 0. The van der Waals surface area contributed by atoms with Gasteiger partial charge in [0.25, 0.3) is 0 Å². The Morgan fingerprint density at radius 2 is 2.23 bits per heavy atom. The zero-order valence-corrected chi connectivity index (χ0v) is 9.36. The molecule has 3 nitrogen and oxygen atoms in total. The van der Waals surface area contributed by atoms with Crippen molar-refractivity contribution >= 4 is 11.8 Å². The highest BCUT2D eigenvalue weighted by Crippen LogP contribution is 2.02. The second kappa shape index (κ2) is 8.36. The third-order valence-electron chi connectivity index (χ3n) is 1.41. The molecule has 0 rings (SSSR count). The Morgan fingerprint density at radius 3 is 2.69 bits per heavy atom. The molecule has 0 aliphatic carbocycles. The summed E-state index contributed by atoms with van der Waals surface area (Å²) in [5, 5.41) is 12.0. The molecule has 13 heavy (non-hydrogen) atoms. The van der Waals surface area contributed by atoms with E-state index in [9.17, 15) is 0 Å². The molecule has 0 aliphatic heterocycles. The van der Waals surface area contributed by atoms with Gasteiger partial charge >= 0.3 is 0 Å². The third kappa shape index (κ3) is 8.10. The fourth-order valence-corrected chi connectivity index (χ4v) is 1.73. The number of nitrogens with one attached hydrogen (secondary N) is 1. The number of hydrogen-bond acceptors (Lipinski definition) is 4. The lowest BCUT2D eigenvalue weighted by atomic mass is 10.3. The molecule has 76 valence electrons. The molecular formula is C9H18N2OS. The molecule has 0 aromatic carbocycles. The quantitative estimate of drug-likeness (QED) is 0.631. The molecular weight excluding hydrogens is 184 g/mol. The number of hydrogen-bond donors (Lipinski definition) is 1. The van der Waals surface area contributed by atoms with Gasteiger partial charge in [-0.15, -0.1) is 0 Å². The van der Waals surface area contributed by atoms with Gasteiger partial charge in [0.05, 0.1) is 12.7 Å². The SMILES string of the molecule is COCCSCC(C#N)NC(C)C. The van der Waals surface area contributed by atoms with Crippen LogP contribution in [0.4, 0.5) is 0 Å². The number of methoxy groups -OCH3 is 1. The van der Waals surface area contributed by atoms with E-state index in [0.717, 1.165) is 18.1 Å². The van der Waals surface area contributed by atoms with Gasteiger partial charge in [-0.05, 0) is 13.8 Å². The Hall–Kier alpha value is -0.240. The van der Waals surface area contributed by atoms with Crippen molar-refractivity contribution in [3.8, 4) is 6.07 Å². The highest BCUT2D eigenvalue weighted by molar-refractivity contribution is 7.99. The van der Waals surface area contributed by atoms with E-state index in [2.05, 4.69) is 11.4 Å². The van der Waals surface area contributed by atoms with E-state index in [4.69, 9.17) is 10.00 Å². The molecule has 1 atom stereocenters. The molecule has 1 N–H and O–H groups in total. The van der Waals surface area contributed by atoms with Crippen molar-refractivity contribution in [3.63, 3.8) is 0 Å². The first-order valence-corrected chi connectivity index (χ1v) is 5.58. The lowest BCUT2D eigenvalue weighted by Crippen LogP contribution is -2.35. The number of nitriles is 1. The van der Waals surface area contributed by atoms with Crippen LogP contribution >= 0.6 is 11.8 Å². The van der Waals surface area contributed by atoms with Crippen LogP contribution in [0, 0.1) is 11.3 Å². The predicted octanol–water partition coefficient (Wildman–Crippen LogP) is 1.26. The summed E-state index contributed by atoms with van der Waals surface area (Å²) in [6.45, 7) is 4.85. The van der Waals surface area contributed by atoms with Crippen molar-refractivity contribution in [3.05, 3.63) is 0 Å². The van der Waals surface area contributed by atoms with E-state index < -0.39 is 0 Å². The van der Waals surface area contributed by atoms with E-state index >= 15 is 0 Å². The molecule has 0 saturated heterocycles. The van der Waals surface area contributed by atoms with Crippen molar-refractivity contribution < 1.29 is 4.74 Å². The molecule has 1 unspecified atom stereocenters. The second-order valence-electron chi connectivity index (χ2n) is 3.07. The Bertz CT molecular complexity index is 156. The highest BCUT2D eigenvalue weighted by atomic mass is 32.2. The second-order valence-corrected chi connectivity index (χ2v) is 4.22. The van der Waals surface area contributed by atoms with Crippen molar-refractivity contribution in [1.82, 2.24) is 5.32 Å². The zero-order valence-electron chi connectivity index (χ0n) is 8.54. The lowest BCUT2D eigenvalue weighted by molar-refractivity contribution is 0.218. The van der Waals surface area contributed by atoms with Gasteiger partial charge in [0.15, 0.2) is 0 Å². The molecule has 0 bridgehead atoms. The van der Waals surface area contributed by atoms with Gasteiger partial charge in [0.1, 0.15) is 6.04 Å². The summed E-state index contributed by atoms with van der Waals surface area (Å²) in [7, 11) is 1.69. The normalized spacial score (nSPS) is 12.8. The standard InChI is InChI=1S/C9H18N2OS/c1-8(2)11-9(6-10)7-13-5-4-12-3/h8-9,11H,4-5,7H2,1-3H3. The van der Waals surface area contributed by atoms with Gasteiger partial charge in [0, 0.05) is 24.7 Å². The minimum atomic E-state index is -0.0399. The molecule has 0 aromatic rings. The molecule has 0 aromatic heterocycles. The van der Waals surface area contributed by atoms with Crippen LogP contribution in [0.3, 0.4) is 0 Å². The maximum Gasteiger partial charge on any atom is 0.105 e. The topological polar surface area (TPSA) is 45.0 Å². The molecule has 0 spiro atoms.